The summed E-state index contributed by atoms with van der Waals surface area (Å²) in [5.74, 6) is -1.61. The lowest BCUT2D eigenvalue weighted by atomic mass is 10.1. The van der Waals surface area contributed by atoms with Crippen LogP contribution in [0.25, 0.3) is 0 Å². The van der Waals surface area contributed by atoms with E-state index in [-0.39, 0.29) is 28.5 Å². The quantitative estimate of drug-likeness (QED) is 0.854. The van der Waals surface area contributed by atoms with Gasteiger partial charge in [0.05, 0.1) is 11.1 Å². The fourth-order valence-electron chi connectivity index (χ4n) is 2.05. The Labute approximate surface area is 135 Å². The van der Waals surface area contributed by atoms with Crippen LogP contribution in [0.3, 0.4) is 0 Å². The molecule has 122 valence electrons. The Bertz CT molecular complexity index is 742. The molecule has 1 N–H and O–H groups in total. The van der Waals surface area contributed by atoms with Gasteiger partial charge in [-0.15, -0.1) is 0 Å². The molecule has 3 nitrogen and oxygen atoms in total. The number of ether oxygens (including phenoxy) is 1. The molecule has 0 spiro atoms. The van der Waals surface area contributed by atoms with E-state index in [1.165, 1.54) is 37.3 Å². The van der Waals surface area contributed by atoms with E-state index in [0.717, 1.165) is 6.07 Å². The number of carboxylic acids is 1. The van der Waals surface area contributed by atoms with Gasteiger partial charge in [-0.3, -0.25) is 0 Å². The molecule has 0 saturated heterocycles. The molecular formula is C16H12ClF3O3. The van der Waals surface area contributed by atoms with E-state index in [9.17, 15) is 18.0 Å². The van der Waals surface area contributed by atoms with E-state index in [0.29, 0.717) is 5.56 Å². The van der Waals surface area contributed by atoms with Crippen molar-refractivity contribution in [2.45, 2.75) is 19.7 Å². The smallest absolute Gasteiger partial charge is 0.419 e. The monoisotopic (exact) mass is 344 g/mol. The normalized spacial score (nSPS) is 11.3. The molecule has 0 aliphatic carbocycles. The predicted molar refractivity (Wildman–Crippen MR) is 78.9 cm³/mol. The molecule has 7 heteroatoms. The van der Waals surface area contributed by atoms with Crippen molar-refractivity contribution in [3.63, 3.8) is 0 Å². The van der Waals surface area contributed by atoms with Crippen LogP contribution < -0.4 is 4.74 Å². The summed E-state index contributed by atoms with van der Waals surface area (Å²) in [6.45, 7) is 1.16. The van der Waals surface area contributed by atoms with E-state index in [2.05, 4.69) is 0 Å². The van der Waals surface area contributed by atoms with Gasteiger partial charge in [0.2, 0.25) is 0 Å². The second-order valence-corrected chi connectivity index (χ2v) is 5.26. The molecule has 0 aliphatic rings. The number of hydrogen-bond acceptors (Lipinski definition) is 2. The zero-order chi connectivity index (χ0) is 17.2. The van der Waals surface area contributed by atoms with Gasteiger partial charge >= 0.3 is 12.1 Å². The maximum absolute atomic E-state index is 13.0. The van der Waals surface area contributed by atoms with Crippen molar-refractivity contribution in [2.75, 3.05) is 0 Å². The molecule has 23 heavy (non-hydrogen) atoms. The van der Waals surface area contributed by atoms with Gasteiger partial charge in [-0.25, -0.2) is 4.79 Å². The second kappa shape index (κ2) is 6.50. The Hall–Kier alpha value is -2.21. The van der Waals surface area contributed by atoms with E-state index in [4.69, 9.17) is 21.4 Å². The number of alkyl halides is 3. The molecule has 2 aromatic carbocycles. The summed E-state index contributed by atoms with van der Waals surface area (Å²) >= 11 is 5.93. The lowest BCUT2D eigenvalue weighted by Crippen LogP contribution is -2.11. The lowest BCUT2D eigenvalue weighted by Gasteiger charge is -2.16. The zero-order valence-electron chi connectivity index (χ0n) is 11.9. The first-order valence-electron chi connectivity index (χ1n) is 6.51. The topological polar surface area (TPSA) is 46.5 Å². The Morgan fingerprint density at radius 2 is 1.96 bits per heavy atom. The Morgan fingerprint density at radius 1 is 1.26 bits per heavy atom. The molecule has 0 bridgehead atoms. The Balaban J connectivity index is 2.35. The molecule has 0 heterocycles. The third kappa shape index (κ3) is 3.96. The molecule has 0 aliphatic heterocycles. The number of carbonyl (C=O) groups is 1. The number of carboxylic acid groups (broad SMARTS) is 1. The van der Waals surface area contributed by atoms with Crippen molar-refractivity contribution in [1.82, 2.24) is 0 Å². The van der Waals surface area contributed by atoms with E-state index >= 15 is 0 Å². The van der Waals surface area contributed by atoms with E-state index in [1.54, 1.807) is 0 Å². The predicted octanol–water partition coefficient (Wildman–Crippen LogP) is 4.94. The fourth-order valence-corrected chi connectivity index (χ4v) is 2.28. The summed E-state index contributed by atoms with van der Waals surface area (Å²) in [6, 6.07) is 7.87. The number of rotatable bonds is 4. The van der Waals surface area contributed by atoms with Gasteiger partial charge in [0.25, 0.3) is 0 Å². The first-order valence-corrected chi connectivity index (χ1v) is 6.89. The summed E-state index contributed by atoms with van der Waals surface area (Å²) in [5, 5.41) is 9.23. The molecule has 0 saturated carbocycles. The van der Waals surface area contributed by atoms with Crippen molar-refractivity contribution in [2.24, 2.45) is 0 Å². The molecule has 2 rings (SSSR count). The molecule has 2 aromatic rings. The fraction of sp³-hybridized carbons (Fsp3) is 0.188. The van der Waals surface area contributed by atoms with Crippen LogP contribution in [0, 0.1) is 6.92 Å². The average molecular weight is 345 g/mol. The molecule has 0 amide bonds. The summed E-state index contributed by atoms with van der Waals surface area (Å²) in [6.07, 6.45) is -4.57. The summed E-state index contributed by atoms with van der Waals surface area (Å²) in [5.41, 5.74) is -0.469. The third-order valence-electron chi connectivity index (χ3n) is 3.16. The van der Waals surface area contributed by atoms with Gasteiger partial charge in [0.15, 0.2) is 0 Å². The van der Waals surface area contributed by atoms with Crippen LogP contribution in [0.15, 0.2) is 36.4 Å². The molecule has 0 unspecified atom stereocenters. The highest BCUT2D eigenvalue weighted by atomic mass is 35.5. The van der Waals surface area contributed by atoms with Gasteiger partial charge in [-0.1, -0.05) is 29.3 Å². The Kier molecular flexibility index (Phi) is 4.85. The minimum atomic E-state index is -4.57. The SMILES string of the molecule is Cc1ccc(OCc2c(Cl)cccc2C(=O)O)c(C(F)(F)F)c1. The first-order chi connectivity index (χ1) is 10.7. The van der Waals surface area contributed by atoms with Crippen LogP contribution in [0.4, 0.5) is 13.2 Å². The van der Waals surface area contributed by atoms with E-state index in [1.807, 2.05) is 0 Å². The van der Waals surface area contributed by atoms with Crippen LogP contribution in [-0.4, -0.2) is 11.1 Å². The van der Waals surface area contributed by atoms with Gasteiger partial charge in [0, 0.05) is 10.6 Å². The van der Waals surface area contributed by atoms with E-state index < -0.39 is 17.7 Å². The molecular weight excluding hydrogens is 333 g/mol. The van der Waals surface area contributed by atoms with Crippen molar-refractivity contribution in [1.29, 1.82) is 0 Å². The highest BCUT2D eigenvalue weighted by Crippen LogP contribution is 2.37. The number of hydrogen-bond donors (Lipinski definition) is 1. The molecule has 0 fully saturated rings. The van der Waals surface area contributed by atoms with Crippen LogP contribution >= 0.6 is 11.6 Å². The second-order valence-electron chi connectivity index (χ2n) is 4.86. The number of aromatic carboxylic acids is 1. The lowest BCUT2D eigenvalue weighted by molar-refractivity contribution is -0.139. The molecule has 0 aromatic heterocycles. The maximum atomic E-state index is 13.0. The number of halogens is 4. The minimum Gasteiger partial charge on any atom is -0.488 e. The highest BCUT2D eigenvalue weighted by molar-refractivity contribution is 6.31. The largest absolute Gasteiger partial charge is 0.488 e. The van der Waals surface area contributed by atoms with Crippen LogP contribution in [0.2, 0.25) is 5.02 Å². The highest BCUT2D eigenvalue weighted by Gasteiger charge is 2.34. The molecule has 0 radical (unpaired) electrons. The van der Waals surface area contributed by atoms with Crippen LogP contribution in [0.1, 0.15) is 27.0 Å². The van der Waals surface area contributed by atoms with Crippen molar-refractivity contribution < 1.29 is 27.8 Å². The average Bonchev–Trinajstić information content (AvgIpc) is 2.45. The third-order valence-corrected chi connectivity index (χ3v) is 3.52. The number of benzene rings is 2. The van der Waals surface area contributed by atoms with Crippen molar-refractivity contribution >= 4 is 17.6 Å². The van der Waals surface area contributed by atoms with Gasteiger partial charge < -0.3 is 9.84 Å². The zero-order valence-corrected chi connectivity index (χ0v) is 12.7. The van der Waals surface area contributed by atoms with Gasteiger partial charge in [0.1, 0.15) is 12.4 Å². The van der Waals surface area contributed by atoms with Gasteiger partial charge in [-0.2, -0.15) is 13.2 Å². The van der Waals surface area contributed by atoms with Crippen molar-refractivity contribution in [3.05, 3.63) is 63.7 Å². The standard InChI is InChI=1S/C16H12ClF3O3/c1-9-5-6-14(12(7-9)16(18,19)20)23-8-11-10(15(21)22)3-2-4-13(11)17/h2-7H,8H2,1H3,(H,21,22). The first kappa shape index (κ1) is 17.1. The summed E-state index contributed by atoms with van der Waals surface area (Å²) < 4.78 is 44.3. The van der Waals surface area contributed by atoms with Crippen LogP contribution in [0.5, 0.6) is 5.75 Å². The minimum absolute atomic E-state index is 0.113. The molecule has 0 atom stereocenters. The van der Waals surface area contributed by atoms with Crippen molar-refractivity contribution in [3.8, 4) is 5.75 Å². The van der Waals surface area contributed by atoms with Gasteiger partial charge in [-0.05, 0) is 31.2 Å². The Morgan fingerprint density at radius 3 is 2.57 bits per heavy atom. The number of aryl methyl sites for hydroxylation is 1. The summed E-state index contributed by atoms with van der Waals surface area (Å²) in [4.78, 5) is 11.2. The summed E-state index contributed by atoms with van der Waals surface area (Å²) in [7, 11) is 0. The maximum Gasteiger partial charge on any atom is 0.419 e. The van der Waals surface area contributed by atoms with Crippen LogP contribution in [-0.2, 0) is 12.8 Å².